The van der Waals surface area contributed by atoms with Crippen molar-refractivity contribution in [2.75, 3.05) is 0 Å². The number of hydrogen-bond donors (Lipinski definition) is 0. The van der Waals surface area contributed by atoms with Crippen LogP contribution in [0.25, 0.3) is 0 Å². The van der Waals surface area contributed by atoms with Crippen LogP contribution in [0.5, 0.6) is 0 Å². The maximum absolute atomic E-state index is 2.29. The molecule has 0 aromatic heterocycles. The van der Waals surface area contributed by atoms with Crippen LogP contribution in [0.2, 0.25) is 0 Å². The molecule has 1 aliphatic rings. The number of thioether (sulfide) groups is 1. The van der Waals surface area contributed by atoms with E-state index in [9.17, 15) is 0 Å². The summed E-state index contributed by atoms with van der Waals surface area (Å²) in [5.41, 5.74) is 1.90. The van der Waals surface area contributed by atoms with Crippen LogP contribution >= 0.6 is 11.8 Å². The predicted molar refractivity (Wildman–Crippen MR) is 71.8 cm³/mol. The molecular weight excluding hydrogens is 200 g/mol. The van der Waals surface area contributed by atoms with E-state index < -0.39 is 0 Å². The van der Waals surface area contributed by atoms with Gasteiger partial charge in [-0.1, -0.05) is 59.8 Å². The average Bonchev–Trinajstić information content (AvgIpc) is 2.24. The van der Waals surface area contributed by atoms with Crippen molar-refractivity contribution in [1.82, 2.24) is 0 Å². The summed E-state index contributed by atoms with van der Waals surface area (Å²) in [6, 6.07) is 0. The van der Waals surface area contributed by atoms with Gasteiger partial charge in [0.1, 0.15) is 0 Å². The van der Waals surface area contributed by atoms with Crippen molar-refractivity contribution in [2.45, 2.75) is 41.5 Å². The van der Waals surface area contributed by atoms with Crippen molar-refractivity contribution in [3.8, 4) is 0 Å². The van der Waals surface area contributed by atoms with Crippen molar-refractivity contribution in [3.05, 3.63) is 34.1 Å². The van der Waals surface area contributed by atoms with Gasteiger partial charge < -0.3 is 0 Å². The fourth-order valence-electron chi connectivity index (χ4n) is 1.30. The number of allylic oxidation sites excluding steroid dienone is 5. The molecule has 1 rings (SSSR count). The molecule has 0 aromatic rings. The van der Waals surface area contributed by atoms with Gasteiger partial charge in [0.05, 0.1) is 0 Å². The molecule has 1 heteroatoms. The van der Waals surface area contributed by atoms with Gasteiger partial charge in [-0.15, -0.1) is 11.8 Å². The maximum Gasteiger partial charge on any atom is -0.00547 e. The van der Waals surface area contributed by atoms with Crippen molar-refractivity contribution in [3.63, 3.8) is 0 Å². The van der Waals surface area contributed by atoms with Crippen LogP contribution in [0.3, 0.4) is 0 Å². The summed E-state index contributed by atoms with van der Waals surface area (Å²) in [4.78, 5) is 1.43. The predicted octanol–water partition coefficient (Wildman–Crippen LogP) is 5.15. The molecule has 0 spiro atoms. The molecule has 1 aliphatic heterocycles. The van der Waals surface area contributed by atoms with Crippen LogP contribution in [0, 0.1) is 10.8 Å². The first kappa shape index (κ1) is 12.6. The molecule has 15 heavy (non-hydrogen) atoms. The van der Waals surface area contributed by atoms with E-state index in [1.54, 1.807) is 0 Å². The minimum absolute atomic E-state index is 0.241. The lowest BCUT2D eigenvalue weighted by molar-refractivity contribution is 0.518. The number of hydrogen-bond acceptors (Lipinski definition) is 1. The van der Waals surface area contributed by atoms with Gasteiger partial charge in [0, 0.05) is 0 Å². The maximum atomic E-state index is 2.29. The Kier molecular flexibility index (Phi) is 3.55. The molecule has 0 saturated carbocycles. The van der Waals surface area contributed by atoms with Gasteiger partial charge in [-0.3, -0.25) is 0 Å². The second-order valence-electron chi connectivity index (χ2n) is 6.08. The van der Waals surface area contributed by atoms with E-state index in [2.05, 4.69) is 65.2 Å². The van der Waals surface area contributed by atoms with E-state index in [1.807, 2.05) is 11.8 Å². The highest BCUT2D eigenvalue weighted by atomic mass is 32.2. The SMILES string of the molecule is CC(C)(C)C1=CSC(C(C)(C)C)=CC=C1. The molecule has 0 aromatic carbocycles. The van der Waals surface area contributed by atoms with Crippen LogP contribution in [0.15, 0.2) is 34.1 Å². The Balaban J connectivity index is 2.91. The summed E-state index contributed by atoms with van der Waals surface area (Å²) < 4.78 is 0. The summed E-state index contributed by atoms with van der Waals surface area (Å²) in [5.74, 6) is 0. The second-order valence-corrected chi connectivity index (χ2v) is 6.99. The molecule has 0 unspecified atom stereocenters. The first-order valence-electron chi connectivity index (χ1n) is 5.47. The highest BCUT2D eigenvalue weighted by Crippen LogP contribution is 2.39. The summed E-state index contributed by atoms with van der Waals surface area (Å²) in [5, 5.41) is 2.29. The molecule has 0 saturated heterocycles. The van der Waals surface area contributed by atoms with Crippen molar-refractivity contribution in [1.29, 1.82) is 0 Å². The minimum Gasteiger partial charge on any atom is -0.102 e. The van der Waals surface area contributed by atoms with E-state index in [0.29, 0.717) is 0 Å². The summed E-state index contributed by atoms with van der Waals surface area (Å²) in [6.07, 6.45) is 6.64. The number of rotatable bonds is 0. The molecule has 84 valence electrons. The average molecular weight is 222 g/mol. The zero-order chi connectivity index (χ0) is 11.7. The van der Waals surface area contributed by atoms with Crippen molar-refractivity contribution >= 4 is 11.8 Å². The van der Waals surface area contributed by atoms with Crippen LogP contribution in [0.1, 0.15) is 41.5 Å². The lowest BCUT2D eigenvalue weighted by atomic mass is 9.87. The van der Waals surface area contributed by atoms with Crippen LogP contribution in [-0.4, -0.2) is 0 Å². The second kappa shape index (κ2) is 4.21. The first-order chi connectivity index (χ1) is 6.71. The molecule has 0 N–H and O–H groups in total. The Morgan fingerprint density at radius 1 is 0.933 bits per heavy atom. The van der Waals surface area contributed by atoms with Gasteiger partial charge in [0.15, 0.2) is 0 Å². The monoisotopic (exact) mass is 222 g/mol. The van der Waals surface area contributed by atoms with Crippen LogP contribution in [0.4, 0.5) is 0 Å². The third-order valence-corrected chi connectivity index (χ3v) is 3.82. The van der Waals surface area contributed by atoms with Gasteiger partial charge in [-0.05, 0) is 26.7 Å². The lowest BCUT2D eigenvalue weighted by Crippen LogP contribution is -2.07. The van der Waals surface area contributed by atoms with E-state index in [4.69, 9.17) is 0 Å². The van der Waals surface area contributed by atoms with Crippen LogP contribution in [-0.2, 0) is 0 Å². The van der Waals surface area contributed by atoms with Crippen molar-refractivity contribution < 1.29 is 0 Å². The first-order valence-corrected chi connectivity index (χ1v) is 6.35. The quantitative estimate of drug-likeness (QED) is 0.546. The fraction of sp³-hybridized carbons (Fsp3) is 0.571. The zero-order valence-corrected chi connectivity index (χ0v) is 11.5. The third-order valence-electron chi connectivity index (χ3n) is 2.44. The van der Waals surface area contributed by atoms with E-state index in [-0.39, 0.29) is 10.8 Å². The molecule has 0 nitrogen and oxygen atoms in total. The Morgan fingerprint density at radius 2 is 1.53 bits per heavy atom. The molecule has 0 aliphatic carbocycles. The normalized spacial score (nSPS) is 18.3. The molecule has 1 heterocycles. The Morgan fingerprint density at radius 3 is 2.00 bits per heavy atom. The van der Waals surface area contributed by atoms with Crippen LogP contribution < -0.4 is 0 Å². The third kappa shape index (κ3) is 3.57. The molecule has 0 atom stereocenters. The molecule has 0 bridgehead atoms. The molecule has 0 radical (unpaired) electrons. The van der Waals surface area contributed by atoms with Gasteiger partial charge in [0.2, 0.25) is 0 Å². The Hall–Kier alpha value is -0.430. The lowest BCUT2D eigenvalue weighted by Gasteiger charge is -2.22. The summed E-state index contributed by atoms with van der Waals surface area (Å²) in [6.45, 7) is 13.5. The van der Waals surface area contributed by atoms with E-state index in [0.717, 1.165) is 0 Å². The zero-order valence-electron chi connectivity index (χ0n) is 10.7. The molecular formula is C14H22S. The van der Waals surface area contributed by atoms with Crippen molar-refractivity contribution in [2.24, 2.45) is 10.8 Å². The topological polar surface area (TPSA) is 0 Å². The Bertz CT molecular complexity index is 316. The Labute approximate surface area is 98.5 Å². The summed E-state index contributed by atoms with van der Waals surface area (Å²) in [7, 11) is 0. The summed E-state index contributed by atoms with van der Waals surface area (Å²) >= 11 is 1.86. The molecule has 0 amide bonds. The van der Waals surface area contributed by atoms with Gasteiger partial charge in [-0.2, -0.15) is 0 Å². The minimum atomic E-state index is 0.241. The smallest absolute Gasteiger partial charge is 0.00547 e. The fourth-order valence-corrected chi connectivity index (χ4v) is 2.50. The highest BCUT2D eigenvalue weighted by molar-refractivity contribution is 8.05. The van der Waals surface area contributed by atoms with Gasteiger partial charge in [-0.25, -0.2) is 0 Å². The van der Waals surface area contributed by atoms with E-state index in [1.165, 1.54) is 10.5 Å². The van der Waals surface area contributed by atoms with Gasteiger partial charge in [0.25, 0.3) is 0 Å². The largest absolute Gasteiger partial charge is 0.102 e. The molecule has 0 fully saturated rings. The highest BCUT2D eigenvalue weighted by Gasteiger charge is 2.20. The van der Waals surface area contributed by atoms with Gasteiger partial charge >= 0.3 is 0 Å². The van der Waals surface area contributed by atoms with E-state index >= 15 is 0 Å². The standard InChI is InChI=1S/C14H22S/c1-13(2,3)11-8-7-9-12(15-10-11)14(4,5)6/h7-10H,1-6H3.